The Bertz CT molecular complexity index is 659. The van der Waals surface area contributed by atoms with Gasteiger partial charge in [0.1, 0.15) is 0 Å². The molecule has 1 aromatic carbocycles. The zero-order valence-corrected chi connectivity index (χ0v) is 12.6. The summed E-state index contributed by atoms with van der Waals surface area (Å²) in [6, 6.07) is 8.21. The average Bonchev–Trinajstić information content (AvgIpc) is 2.48. The van der Waals surface area contributed by atoms with Crippen LogP contribution in [0.2, 0.25) is 0 Å². The van der Waals surface area contributed by atoms with E-state index in [1.54, 1.807) is 18.5 Å². The number of halogens is 1. The number of carboxylic acids is 1. The van der Waals surface area contributed by atoms with Crippen LogP contribution in [0.1, 0.15) is 22.3 Å². The topological polar surface area (TPSA) is 79.3 Å². The lowest BCUT2D eigenvalue weighted by molar-refractivity contribution is -0.116. The zero-order valence-electron chi connectivity index (χ0n) is 11.0. The normalized spacial score (nSPS) is 10.1. The summed E-state index contributed by atoms with van der Waals surface area (Å²) in [5.41, 5.74) is 1.71. The maximum atomic E-state index is 11.9. The molecule has 5 nitrogen and oxygen atoms in total. The van der Waals surface area contributed by atoms with Crippen molar-refractivity contribution in [2.45, 2.75) is 12.8 Å². The Labute approximate surface area is 130 Å². The fraction of sp³-hybridized carbons (Fsp3) is 0.133. The summed E-state index contributed by atoms with van der Waals surface area (Å²) in [6.07, 6.45) is 4.35. The second kappa shape index (κ2) is 6.99. The van der Waals surface area contributed by atoms with Gasteiger partial charge in [0.25, 0.3) is 0 Å². The predicted octanol–water partition coefficient (Wildman–Crippen LogP) is 3.11. The molecule has 0 fully saturated rings. The highest BCUT2D eigenvalue weighted by molar-refractivity contribution is 9.10. The maximum absolute atomic E-state index is 11.9. The lowest BCUT2D eigenvalue weighted by Crippen LogP contribution is -2.13. The largest absolute Gasteiger partial charge is 0.478 e. The number of nitrogens with one attached hydrogen (secondary N) is 1. The van der Waals surface area contributed by atoms with Crippen molar-refractivity contribution in [1.29, 1.82) is 0 Å². The second-order valence-electron chi connectivity index (χ2n) is 4.41. The molecule has 0 aliphatic rings. The van der Waals surface area contributed by atoms with Crippen molar-refractivity contribution in [3.05, 3.63) is 58.3 Å². The van der Waals surface area contributed by atoms with Gasteiger partial charge in [0.15, 0.2) is 0 Å². The molecule has 6 heteroatoms. The number of hydrogen-bond acceptors (Lipinski definition) is 3. The summed E-state index contributed by atoms with van der Waals surface area (Å²) in [7, 11) is 0. The Morgan fingerprint density at radius 1 is 1.29 bits per heavy atom. The van der Waals surface area contributed by atoms with Crippen LogP contribution in [0.5, 0.6) is 0 Å². The molecule has 2 N–H and O–H groups in total. The fourth-order valence-electron chi connectivity index (χ4n) is 1.77. The lowest BCUT2D eigenvalue weighted by atomic mass is 10.1. The monoisotopic (exact) mass is 348 g/mol. The number of pyridine rings is 1. The number of rotatable bonds is 5. The van der Waals surface area contributed by atoms with Crippen LogP contribution in [0, 0.1) is 0 Å². The fourth-order valence-corrected chi connectivity index (χ4v) is 2.24. The van der Waals surface area contributed by atoms with E-state index in [0.29, 0.717) is 23.0 Å². The van der Waals surface area contributed by atoms with Gasteiger partial charge in [-0.15, -0.1) is 0 Å². The number of carboxylic acid groups (broad SMARTS) is 1. The summed E-state index contributed by atoms with van der Waals surface area (Å²) >= 11 is 3.25. The first-order valence-electron chi connectivity index (χ1n) is 6.28. The number of nitrogens with zero attached hydrogens (tertiary/aromatic N) is 1. The number of benzene rings is 1. The Kier molecular flexibility index (Phi) is 5.05. The van der Waals surface area contributed by atoms with E-state index in [1.807, 2.05) is 12.1 Å². The van der Waals surface area contributed by atoms with Gasteiger partial charge in [-0.2, -0.15) is 0 Å². The van der Waals surface area contributed by atoms with Gasteiger partial charge >= 0.3 is 5.97 Å². The summed E-state index contributed by atoms with van der Waals surface area (Å²) < 4.78 is 0.539. The highest BCUT2D eigenvalue weighted by Gasteiger charge is 2.09. The Morgan fingerprint density at radius 3 is 2.71 bits per heavy atom. The first-order valence-corrected chi connectivity index (χ1v) is 7.07. The summed E-state index contributed by atoms with van der Waals surface area (Å²) in [4.78, 5) is 26.7. The molecule has 108 valence electrons. The Hall–Kier alpha value is -2.21. The van der Waals surface area contributed by atoms with Crippen LogP contribution >= 0.6 is 15.9 Å². The van der Waals surface area contributed by atoms with Gasteiger partial charge in [-0.25, -0.2) is 4.79 Å². The van der Waals surface area contributed by atoms with Crippen molar-refractivity contribution in [1.82, 2.24) is 4.98 Å². The number of aryl methyl sites for hydroxylation is 1. The number of carbonyl (C=O) groups excluding carboxylic acids is 1. The molecule has 0 aliphatic heterocycles. The summed E-state index contributed by atoms with van der Waals surface area (Å²) in [6.45, 7) is 0. The third kappa shape index (κ3) is 4.39. The molecule has 1 aromatic heterocycles. The zero-order chi connectivity index (χ0) is 15.2. The number of aromatic carboxylic acids is 1. The molecule has 0 radical (unpaired) electrons. The van der Waals surface area contributed by atoms with E-state index in [9.17, 15) is 9.59 Å². The van der Waals surface area contributed by atoms with E-state index < -0.39 is 5.97 Å². The number of amides is 1. The third-order valence-electron chi connectivity index (χ3n) is 2.85. The standard InChI is InChI=1S/C15H13BrN2O3/c16-12-8-11(15(20)21)4-5-13(12)18-14(19)6-3-10-2-1-7-17-9-10/h1-2,4-5,7-9H,3,6H2,(H,18,19)(H,20,21). The molecule has 0 atom stereocenters. The first kappa shape index (κ1) is 15.2. The smallest absolute Gasteiger partial charge is 0.335 e. The lowest BCUT2D eigenvalue weighted by Gasteiger charge is -2.08. The molecule has 0 saturated heterocycles. The van der Waals surface area contributed by atoms with E-state index in [1.165, 1.54) is 12.1 Å². The summed E-state index contributed by atoms with van der Waals surface area (Å²) in [5.74, 6) is -1.15. The van der Waals surface area contributed by atoms with Crippen LogP contribution in [0.4, 0.5) is 5.69 Å². The van der Waals surface area contributed by atoms with Gasteiger partial charge in [0.2, 0.25) is 5.91 Å². The van der Waals surface area contributed by atoms with Crippen molar-refractivity contribution in [2.24, 2.45) is 0 Å². The van der Waals surface area contributed by atoms with Crippen LogP contribution in [-0.4, -0.2) is 22.0 Å². The minimum Gasteiger partial charge on any atom is -0.478 e. The molecule has 0 bridgehead atoms. The Morgan fingerprint density at radius 2 is 2.10 bits per heavy atom. The van der Waals surface area contributed by atoms with Crippen LogP contribution in [0.15, 0.2) is 47.2 Å². The number of carbonyl (C=O) groups is 2. The maximum Gasteiger partial charge on any atom is 0.335 e. The number of anilines is 1. The van der Waals surface area contributed by atoms with Crippen molar-refractivity contribution in [3.63, 3.8) is 0 Å². The highest BCUT2D eigenvalue weighted by Crippen LogP contribution is 2.24. The van der Waals surface area contributed by atoms with Gasteiger partial charge in [0.05, 0.1) is 11.3 Å². The van der Waals surface area contributed by atoms with Crippen molar-refractivity contribution >= 4 is 33.5 Å². The Balaban J connectivity index is 1.95. The van der Waals surface area contributed by atoms with Gasteiger partial charge in [-0.3, -0.25) is 9.78 Å². The van der Waals surface area contributed by atoms with E-state index in [4.69, 9.17) is 5.11 Å². The molecule has 1 heterocycles. The van der Waals surface area contributed by atoms with Gasteiger partial charge in [0, 0.05) is 23.3 Å². The van der Waals surface area contributed by atoms with Crippen molar-refractivity contribution in [2.75, 3.05) is 5.32 Å². The van der Waals surface area contributed by atoms with Gasteiger partial charge < -0.3 is 10.4 Å². The van der Waals surface area contributed by atoms with E-state index in [0.717, 1.165) is 5.56 Å². The minimum atomic E-state index is -1.01. The second-order valence-corrected chi connectivity index (χ2v) is 5.26. The molecule has 2 rings (SSSR count). The van der Waals surface area contributed by atoms with Crippen molar-refractivity contribution < 1.29 is 14.7 Å². The first-order chi connectivity index (χ1) is 10.1. The molecule has 0 spiro atoms. The van der Waals surface area contributed by atoms with Crippen LogP contribution < -0.4 is 5.32 Å². The highest BCUT2D eigenvalue weighted by atomic mass is 79.9. The predicted molar refractivity (Wildman–Crippen MR) is 82.3 cm³/mol. The molecular weight excluding hydrogens is 336 g/mol. The third-order valence-corrected chi connectivity index (χ3v) is 3.51. The average molecular weight is 349 g/mol. The minimum absolute atomic E-state index is 0.136. The quantitative estimate of drug-likeness (QED) is 0.869. The van der Waals surface area contributed by atoms with Crippen LogP contribution in [0.25, 0.3) is 0 Å². The van der Waals surface area contributed by atoms with Gasteiger partial charge in [-0.1, -0.05) is 6.07 Å². The molecular formula is C15H13BrN2O3. The SMILES string of the molecule is O=C(CCc1cccnc1)Nc1ccc(C(=O)O)cc1Br. The molecule has 0 aliphatic carbocycles. The number of hydrogen-bond donors (Lipinski definition) is 2. The summed E-state index contributed by atoms with van der Waals surface area (Å²) in [5, 5.41) is 11.6. The van der Waals surface area contributed by atoms with Crippen LogP contribution in [-0.2, 0) is 11.2 Å². The van der Waals surface area contributed by atoms with E-state index in [-0.39, 0.29) is 11.5 Å². The van der Waals surface area contributed by atoms with Crippen LogP contribution in [0.3, 0.4) is 0 Å². The van der Waals surface area contributed by atoms with Crippen molar-refractivity contribution in [3.8, 4) is 0 Å². The molecule has 1 amide bonds. The molecule has 0 saturated carbocycles. The van der Waals surface area contributed by atoms with E-state index >= 15 is 0 Å². The molecule has 0 unspecified atom stereocenters. The molecule has 21 heavy (non-hydrogen) atoms. The number of aromatic nitrogens is 1. The van der Waals surface area contributed by atoms with E-state index in [2.05, 4.69) is 26.2 Å². The molecule has 2 aromatic rings. The van der Waals surface area contributed by atoms with Gasteiger partial charge in [-0.05, 0) is 52.2 Å².